The highest BCUT2D eigenvalue weighted by atomic mass is 79.9. The predicted octanol–water partition coefficient (Wildman–Crippen LogP) is 4.75. The molecule has 1 aliphatic rings. The molecule has 7 heteroatoms. The Morgan fingerprint density at radius 1 is 1.24 bits per heavy atom. The third-order valence-electron chi connectivity index (χ3n) is 4.20. The molecule has 118 valence electrons. The first-order valence-electron chi connectivity index (χ1n) is 6.59. The van der Waals surface area contributed by atoms with E-state index in [0.29, 0.717) is 33.5 Å². The Morgan fingerprint density at radius 2 is 1.90 bits per heavy atom. The molecule has 2 rings (SSSR count). The smallest absolute Gasteiger partial charge is 0.150 e. The minimum atomic E-state index is -2.91. The van der Waals surface area contributed by atoms with Crippen molar-refractivity contribution in [1.82, 2.24) is 0 Å². The van der Waals surface area contributed by atoms with Gasteiger partial charge in [0.05, 0.1) is 21.6 Å². The molecule has 0 amide bonds. The molecule has 0 saturated carbocycles. The van der Waals surface area contributed by atoms with Crippen LogP contribution < -0.4 is 0 Å². The van der Waals surface area contributed by atoms with Crippen molar-refractivity contribution in [3.8, 4) is 0 Å². The summed E-state index contributed by atoms with van der Waals surface area (Å²) in [5, 5.41) is 2.53. The summed E-state index contributed by atoms with van der Waals surface area (Å²) in [4.78, 5) is 0. The zero-order chi connectivity index (χ0) is 15.7. The molecule has 0 bridgehead atoms. The van der Waals surface area contributed by atoms with Gasteiger partial charge in [-0.15, -0.1) is 0 Å². The zero-order valence-corrected chi connectivity index (χ0v) is 16.8. The van der Waals surface area contributed by atoms with Crippen molar-refractivity contribution >= 4 is 64.9 Å². The molecule has 0 radical (unpaired) electrons. The summed E-state index contributed by atoms with van der Waals surface area (Å²) >= 11 is 19.5. The summed E-state index contributed by atoms with van der Waals surface area (Å²) in [6.07, 6.45) is 1.40. The van der Waals surface area contributed by atoms with Crippen molar-refractivity contribution in [2.45, 2.75) is 12.8 Å². The van der Waals surface area contributed by atoms with Crippen molar-refractivity contribution in [3.05, 3.63) is 33.8 Å². The lowest BCUT2D eigenvalue weighted by Gasteiger charge is -2.36. The van der Waals surface area contributed by atoms with E-state index in [1.807, 2.05) is 12.1 Å². The summed E-state index contributed by atoms with van der Waals surface area (Å²) in [7, 11) is -2.91. The third-order valence-corrected chi connectivity index (χ3v) is 9.06. The maximum Gasteiger partial charge on any atom is 0.150 e. The molecule has 0 spiro atoms. The van der Waals surface area contributed by atoms with Crippen LogP contribution in [-0.4, -0.2) is 30.6 Å². The molecule has 1 saturated heterocycles. The lowest BCUT2D eigenvalue weighted by atomic mass is 9.74. The Morgan fingerprint density at radius 3 is 2.43 bits per heavy atom. The molecule has 1 aliphatic heterocycles. The van der Waals surface area contributed by atoms with Crippen LogP contribution >= 0.6 is 55.1 Å². The minimum absolute atomic E-state index is 0.122. The van der Waals surface area contributed by atoms with Gasteiger partial charge in [0.25, 0.3) is 0 Å². The van der Waals surface area contributed by atoms with Crippen LogP contribution in [0.2, 0.25) is 10.0 Å². The molecule has 1 aromatic carbocycles. The van der Waals surface area contributed by atoms with Crippen LogP contribution in [-0.2, 0) is 16.3 Å². The van der Waals surface area contributed by atoms with E-state index < -0.39 is 9.84 Å². The second kappa shape index (κ2) is 7.08. The average molecular weight is 479 g/mol. The zero-order valence-electron chi connectivity index (χ0n) is 11.3. The lowest BCUT2D eigenvalue weighted by Crippen LogP contribution is -2.37. The third kappa shape index (κ3) is 3.97. The van der Waals surface area contributed by atoms with E-state index in [1.165, 1.54) is 0 Å². The number of benzene rings is 1. The molecule has 21 heavy (non-hydrogen) atoms. The van der Waals surface area contributed by atoms with Gasteiger partial charge in [-0.2, -0.15) is 0 Å². The van der Waals surface area contributed by atoms with Crippen LogP contribution in [0.4, 0.5) is 0 Å². The Labute approximate surface area is 152 Å². The van der Waals surface area contributed by atoms with Gasteiger partial charge in [0, 0.05) is 10.7 Å². The normalized spacial score (nSPS) is 21.6. The fraction of sp³-hybridized carbons (Fsp3) is 0.571. The Hall–Kier alpha value is 0.710. The molecule has 1 heterocycles. The number of alkyl halides is 2. The maximum absolute atomic E-state index is 11.8. The summed E-state index contributed by atoms with van der Waals surface area (Å²) < 4.78 is 23.6. The van der Waals surface area contributed by atoms with Crippen LogP contribution in [0.25, 0.3) is 0 Å². The second-order valence-corrected chi connectivity index (χ2v) is 9.75. The first-order chi connectivity index (χ1) is 9.83. The molecule has 0 aliphatic carbocycles. The van der Waals surface area contributed by atoms with Gasteiger partial charge in [0.2, 0.25) is 0 Å². The van der Waals surface area contributed by atoms with Crippen molar-refractivity contribution in [3.63, 3.8) is 0 Å². The van der Waals surface area contributed by atoms with Crippen LogP contribution in [0.1, 0.15) is 12.0 Å². The van der Waals surface area contributed by atoms with Gasteiger partial charge >= 0.3 is 0 Å². The quantitative estimate of drug-likeness (QED) is 0.572. The summed E-state index contributed by atoms with van der Waals surface area (Å²) in [5.74, 6) is 0.654. The predicted molar refractivity (Wildman–Crippen MR) is 96.9 cm³/mol. The van der Waals surface area contributed by atoms with Gasteiger partial charge < -0.3 is 0 Å². The molecule has 1 unspecified atom stereocenters. The van der Waals surface area contributed by atoms with Crippen LogP contribution in [0.15, 0.2) is 18.2 Å². The first-order valence-corrected chi connectivity index (χ1v) is 11.4. The highest BCUT2D eigenvalue weighted by molar-refractivity contribution is 9.09. The van der Waals surface area contributed by atoms with Gasteiger partial charge in [0.15, 0.2) is 9.84 Å². The largest absolute Gasteiger partial charge is 0.229 e. The fourth-order valence-electron chi connectivity index (χ4n) is 2.84. The van der Waals surface area contributed by atoms with Crippen molar-refractivity contribution in [1.29, 1.82) is 0 Å². The summed E-state index contributed by atoms with van der Waals surface area (Å²) in [6.45, 7) is 0. The number of hydrogen-bond acceptors (Lipinski definition) is 2. The van der Waals surface area contributed by atoms with E-state index >= 15 is 0 Å². The van der Waals surface area contributed by atoms with E-state index in [9.17, 15) is 8.42 Å². The van der Waals surface area contributed by atoms with Crippen LogP contribution in [0.3, 0.4) is 0 Å². The monoisotopic (exact) mass is 476 g/mol. The molecular formula is C14H16Br2Cl2O2S. The Kier molecular flexibility index (Phi) is 6.09. The fourth-order valence-corrected chi connectivity index (χ4v) is 7.41. The van der Waals surface area contributed by atoms with Crippen molar-refractivity contribution in [2.75, 3.05) is 22.2 Å². The molecule has 1 aromatic rings. The standard InChI is InChI=1S/C14H16Br2Cl2O2S/c15-8-14(9-16,11-4-5-21(19,20)7-11)6-10-2-1-3-12(17)13(10)18/h1-3,11H,4-9H2. The van der Waals surface area contributed by atoms with E-state index in [2.05, 4.69) is 31.9 Å². The SMILES string of the molecule is O=S1(=O)CCC(C(CBr)(CBr)Cc2cccc(Cl)c2Cl)C1. The number of sulfone groups is 1. The molecule has 0 N–H and O–H groups in total. The van der Waals surface area contributed by atoms with Crippen LogP contribution in [0.5, 0.6) is 0 Å². The molecule has 1 fully saturated rings. The molecular weight excluding hydrogens is 463 g/mol. The average Bonchev–Trinajstić information content (AvgIpc) is 2.81. The minimum Gasteiger partial charge on any atom is -0.229 e. The molecule has 1 atom stereocenters. The lowest BCUT2D eigenvalue weighted by molar-refractivity contribution is 0.253. The Balaban J connectivity index is 2.32. The maximum atomic E-state index is 11.8. The van der Waals surface area contributed by atoms with Crippen LogP contribution in [0, 0.1) is 11.3 Å². The highest BCUT2D eigenvalue weighted by Gasteiger charge is 2.43. The summed E-state index contributed by atoms with van der Waals surface area (Å²) in [6, 6.07) is 5.59. The number of hydrogen-bond donors (Lipinski definition) is 0. The Bertz CT molecular complexity index is 615. The second-order valence-electron chi connectivity index (χ2n) is 5.62. The van der Waals surface area contributed by atoms with Crippen molar-refractivity contribution < 1.29 is 8.42 Å². The van der Waals surface area contributed by atoms with Gasteiger partial charge in [-0.25, -0.2) is 8.42 Å². The van der Waals surface area contributed by atoms with E-state index in [4.69, 9.17) is 23.2 Å². The van der Waals surface area contributed by atoms with Gasteiger partial charge in [-0.3, -0.25) is 0 Å². The van der Waals surface area contributed by atoms with E-state index in [1.54, 1.807) is 6.07 Å². The van der Waals surface area contributed by atoms with Gasteiger partial charge in [0.1, 0.15) is 0 Å². The van der Waals surface area contributed by atoms with Gasteiger partial charge in [-0.1, -0.05) is 67.2 Å². The topological polar surface area (TPSA) is 34.1 Å². The number of rotatable bonds is 5. The first kappa shape index (κ1) is 18.1. The van der Waals surface area contributed by atoms with Crippen molar-refractivity contribution in [2.24, 2.45) is 11.3 Å². The molecule has 0 aromatic heterocycles. The highest BCUT2D eigenvalue weighted by Crippen LogP contribution is 2.43. The van der Waals surface area contributed by atoms with E-state index in [-0.39, 0.29) is 22.8 Å². The van der Waals surface area contributed by atoms with E-state index in [0.717, 1.165) is 5.56 Å². The summed E-state index contributed by atoms with van der Waals surface area (Å²) in [5.41, 5.74) is 0.783. The molecule has 2 nitrogen and oxygen atoms in total. The number of halogens is 4. The van der Waals surface area contributed by atoms with Gasteiger partial charge in [-0.05, 0) is 35.8 Å².